The molecule has 4 rings (SSSR count). The van der Waals surface area contributed by atoms with Crippen molar-refractivity contribution >= 4 is 45.7 Å². The molecule has 0 aliphatic rings. The first-order chi connectivity index (χ1) is 14.1. The number of thiazole rings is 1. The summed E-state index contributed by atoms with van der Waals surface area (Å²) in [4.78, 5) is 16.6. The molecule has 2 aromatic heterocycles. The Morgan fingerprint density at radius 1 is 1.14 bits per heavy atom. The number of amides is 1. The number of carbonyl (C=O) groups excluding carboxylic acids is 1. The molecule has 9 heteroatoms. The van der Waals surface area contributed by atoms with Crippen molar-refractivity contribution in [2.75, 3.05) is 11.1 Å². The van der Waals surface area contributed by atoms with Gasteiger partial charge in [0.1, 0.15) is 0 Å². The molecule has 0 unspecified atom stereocenters. The zero-order valence-corrected chi connectivity index (χ0v) is 17.8. The van der Waals surface area contributed by atoms with E-state index >= 15 is 0 Å². The van der Waals surface area contributed by atoms with Crippen LogP contribution < -0.4 is 5.32 Å². The van der Waals surface area contributed by atoms with Crippen LogP contribution in [0.3, 0.4) is 0 Å². The number of rotatable bonds is 6. The number of hydrogen-bond acceptors (Lipinski definition) is 6. The molecule has 29 heavy (non-hydrogen) atoms. The van der Waals surface area contributed by atoms with Crippen LogP contribution in [0.5, 0.6) is 0 Å². The molecule has 2 aromatic carbocycles. The normalized spacial score (nSPS) is 10.8. The summed E-state index contributed by atoms with van der Waals surface area (Å²) in [5.74, 6) is 0.746. The zero-order chi connectivity index (χ0) is 20.2. The Balaban J connectivity index is 1.59. The quantitative estimate of drug-likeness (QED) is 0.422. The van der Waals surface area contributed by atoms with E-state index in [4.69, 9.17) is 11.6 Å². The van der Waals surface area contributed by atoms with E-state index in [1.807, 2.05) is 71.5 Å². The number of thioether (sulfide) groups is 1. The van der Waals surface area contributed by atoms with Gasteiger partial charge in [-0.25, -0.2) is 4.98 Å². The molecular formula is C20H16ClN5OS2. The van der Waals surface area contributed by atoms with E-state index < -0.39 is 0 Å². The van der Waals surface area contributed by atoms with Gasteiger partial charge in [-0.15, -0.1) is 21.5 Å². The van der Waals surface area contributed by atoms with E-state index in [1.165, 1.54) is 23.1 Å². The van der Waals surface area contributed by atoms with Gasteiger partial charge in [0.15, 0.2) is 16.1 Å². The largest absolute Gasteiger partial charge is 0.301 e. The lowest BCUT2D eigenvalue weighted by Crippen LogP contribution is -2.14. The molecule has 0 spiro atoms. The number of nitrogens with zero attached hydrogens (tertiary/aromatic N) is 4. The Morgan fingerprint density at radius 3 is 2.59 bits per heavy atom. The molecule has 0 bridgehead atoms. The monoisotopic (exact) mass is 441 g/mol. The number of aromatic nitrogens is 4. The van der Waals surface area contributed by atoms with Gasteiger partial charge in [0.2, 0.25) is 5.91 Å². The highest BCUT2D eigenvalue weighted by molar-refractivity contribution is 7.99. The van der Waals surface area contributed by atoms with Crippen LogP contribution in [-0.4, -0.2) is 31.4 Å². The van der Waals surface area contributed by atoms with Gasteiger partial charge in [0.05, 0.1) is 11.4 Å². The van der Waals surface area contributed by atoms with E-state index in [0.717, 1.165) is 16.9 Å². The van der Waals surface area contributed by atoms with Crippen molar-refractivity contribution < 1.29 is 4.79 Å². The molecule has 0 aliphatic heterocycles. The second-order valence-corrected chi connectivity index (χ2v) is 8.35. The topological polar surface area (TPSA) is 72.7 Å². The predicted molar refractivity (Wildman–Crippen MR) is 118 cm³/mol. The van der Waals surface area contributed by atoms with E-state index in [1.54, 1.807) is 0 Å². The second kappa shape index (κ2) is 8.77. The lowest BCUT2D eigenvalue weighted by Gasteiger charge is -2.10. The highest BCUT2D eigenvalue weighted by Crippen LogP contribution is 2.28. The molecule has 0 saturated carbocycles. The molecule has 1 N–H and O–H groups in total. The van der Waals surface area contributed by atoms with Crippen LogP contribution in [0, 0.1) is 6.92 Å². The molecule has 4 aromatic rings. The third-order valence-electron chi connectivity index (χ3n) is 3.95. The summed E-state index contributed by atoms with van der Waals surface area (Å²) in [7, 11) is 0. The van der Waals surface area contributed by atoms with E-state index in [-0.39, 0.29) is 11.7 Å². The number of benzene rings is 2. The molecule has 2 heterocycles. The first-order valence-electron chi connectivity index (χ1n) is 8.72. The molecule has 0 radical (unpaired) electrons. The van der Waals surface area contributed by atoms with Crippen molar-refractivity contribution in [1.82, 2.24) is 19.7 Å². The van der Waals surface area contributed by atoms with Crippen LogP contribution in [-0.2, 0) is 4.79 Å². The minimum absolute atomic E-state index is 0.139. The first kappa shape index (κ1) is 19.6. The van der Waals surface area contributed by atoms with Gasteiger partial charge in [-0.1, -0.05) is 41.6 Å². The number of halogens is 1. The lowest BCUT2D eigenvalue weighted by atomic mass is 10.2. The Labute approximate surface area is 181 Å². The molecule has 0 fully saturated rings. The van der Waals surface area contributed by atoms with Crippen molar-refractivity contribution in [3.8, 4) is 17.1 Å². The minimum Gasteiger partial charge on any atom is -0.301 e. The maximum atomic E-state index is 12.3. The maximum absolute atomic E-state index is 12.3. The fraction of sp³-hybridized carbons (Fsp3) is 0.100. The third-order valence-corrected chi connectivity index (χ3v) is 6.00. The summed E-state index contributed by atoms with van der Waals surface area (Å²) < 4.78 is 1.94. The average molecular weight is 442 g/mol. The van der Waals surface area contributed by atoms with Crippen molar-refractivity contribution in [3.05, 3.63) is 70.7 Å². The van der Waals surface area contributed by atoms with E-state index in [9.17, 15) is 4.79 Å². The number of para-hydroxylation sites is 1. The molecule has 146 valence electrons. The highest BCUT2D eigenvalue weighted by atomic mass is 35.5. The number of anilines is 1. The van der Waals surface area contributed by atoms with Gasteiger partial charge < -0.3 is 5.32 Å². The Kier molecular flexibility index (Phi) is 5.94. The Hall–Kier alpha value is -2.68. The third kappa shape index (κ3) is 4.67. The van der Waals surface area contributed by atoms with Gasteiger partial charge in [-0.05, 0) is 43.3 Å². The van der Waals surface area contributed by atoms with Crippen molar-refractivity contribution in [2.45, 2.75) is 12.1 Å². The zero-order valence-electron chi connectivity index (χ0n) is 15.4. The van der Waals surface area contributed by atoms with Gasteiger partial charge >= 0.3 is 0 Å². The lowest BCUT2D eigenvalue weighted by molar-refractivity contribution is -0.113. The molecule has 0 atom stereocenters. The Bertz CT molecular complexity index is 1130. The standard InChI is InChI=1S/C20H16ClN5OS2/c1-13-11-28-19(22-13)23-17(27)12-29-20-25-24-18(14-7-9-15(21)10-8-14)26(20)16-5-3-2-4-6-16/h2-11H,12H2,1H3,(H,22,23,27). The fourth-order valence-corrected chi connectivity index (χ4v) is 4.24. The van der Waals surface area contributed by atoms with Crippen molar-refractivity contribution in [1.29, 1.82) is 0 Å². The summed E-state index contributed by atoms with van der Waals surface area (Å²) >= 11 is 8.75. The second-order valence-electron chi connectivity index (χ2n) is 6.11. The van der Waals surface area contributed by atoms with Crippen LogP contribution in [0.2, 0.25) is 5.02 Å². The number of nitrogens with one attached hydrogen (secondary N) is 1. The summed E-state index contributed by atoms with van der Waals surface area (Å²) in [6.45, 7) is 1.89. The van der Waals surface area contributed by atoms with Gasteiger partial charge in [-0.3, -0.25) is 9.36 Å². The highest BCUT2D eigenvalue weighted by Gasteiger charge is 2.17. The summed E-state index contributed by atoms with van der Waals surface area (Å²) in [6.07, 6.45) is 0. The van der Waals surface area contributed by atoms with Crippen LogP contribution in [0.1, 0.15) is 5.69 Å². The average Bonchev–Trinajstić information content (AvgIpc) is 3.33. The van der Waals surface area contributed by atoms with Gasteiger partial charge in [0, 0.05) is 21.7 Å². The smallest absolute Gasteiger partial charge is 0.236 e. The van der Waals surface area contributed by atoms with Crippen LogP contribution in [0.15, 0.2) is 65.1 Å². The van der Waals surface area contributed by atoms with Gasteiger partial charge in [-0.2, -0.15) is 0 Å². The molecule has 6 nitrogen and oxygen atoms in total. The molecule has 0 aliphatic carbocycles. The molecular weight excluding hydrogens is 426 g/mol. The minimum atomic E-state index is -0.139. The first-order valence-corrected chi connectivity index (χ1v) is 11.0. The summed E-state index contributed by atoms with van der Waals surface area (Å²) in [5.41, 5.74) is 2.69. The fourth-order valence-electron chi connectivity index (χ4n) is 2.66. The SMILES string of the molecule is Cc1csc(NC(=O)CSc2nnc(-c3ccc(Cl)cc3)n2-c2ccccc2)n1. The van der Waals surface area contributed by atoms with Gasteiger partial charge in [0.25, 0.3) is 0 Å². The van der Waals surface area contributed by atoms with Crippen molar-refractivity contribution in [2.24, 2.45) is 0 Å². The maximum Gasteiger partial charge on any atom is 0.236 e. The Morgan fingerprint density at radius 2 is 1.90 bits per heavy atom. The predicted octanol–water partition coefficient (Wildman–Crippen LogP) is 5.08. The summed E-state index contributed by atoms with van der Waals surface area (Å²) in [5, 5.41) is 15.3. The number of carbonyl (C=O) groups is 1. The van der Waals surface area contributed by atoms with Crippen LogP contribution in [0.4, 0.5) is 5.13 Å². The van der Waals surface area contributed by atoms with E-state index in [0.29, 0.717) is 21.1 Å². The molecule has 1 amide bonds. The van der Waals surface area contributed by atoms with Crippen LogP contribution in [0.25, 0.3) is 17.1 Å². The van der Waals surface area contributed by atoms with Crippen molar-refractivity contribution in [3.63, 3.8) is 0 Å². The number of hydrogen-bond donors (Lipinski definition) is 1. The number of aryl methyl sites for hydroxylation is 1. The van der Waals surface area contributed by atoms with E-state index in [2.05, 4.69) is 20.5 Å². The molecule has 0 saturated heterocycles. The van der Waals surface area contributed by atoms with Crippen LogP contribution >= 0.6 is 34.7 Å². The summed E-state index contributed by atoms with van der Waals surface area (Å²) in [6, 6.07) is 17.2.